The van der Waals surface area contributed by atoms with Crippen LogP contribution in [0.3, 0.4) is 0 Å². The van der Waals surface area contributed by atoms with E-state index in [0.29, 0.717) is 0 Å². The molecule has 0 bridgehead atoms. The second kappa shape index (κ2) is 14.0. The molecule has 1 aromatic heterocycles. The Hall–Kier alpha value is -6.09. The second-order valence-electron chi connectivity index (χ2n) is 15.0. The fourth-order valence-corrected chi connectivity index (χ4v) is 9.28. The zero-order valence-electron chi connectivity index (χ0n) is 30.6. The summed E-state index contributed by atoms with van der Waals surface area (Å²) in [5, 5.41) is 0.801. The minimum atomic E-state index is 0.107. The number of hydrogen-bond acceptors (Lipinski definition) is 2. The molecular weight excluding hydrogens is 688 g/mol. The summed E-state index contributed by atoms with van der Waals surface area (Å²) in [6.07, 6.45) is 6.27. The number of hydrogen-bond donors (Lipinski definition) is 0. The van der Waals surface area contributed by atoms with Crippen LogP contribution in [0.1, 0.15) is 43.2 Å². The summed E-state index contributed by atoms with van der Waals surface area (Å²) in [5.41, 5.74) is 18.0. The van der Waals surface area contributed by atoms with E-state index in [1.54, 1.807) is 0 Å². The average Bonchev–Trinajstić information content (AvgIpc) is 3.51. The fourth-order valence-electron chi connectivity index (χ4n) is 9.11. The molecule has 8 aromatic rings. The van der Waals surface area contributed by atoms with Crippen molar-refractivity contribution in [2.45, 2.75) is 37.5 Å². The van der Waals surface area contributed by atoms with Crippen LogP contribution in [-0.4, -0.2) is 9.97 Å². The summed E-state index contributed by atoms with van der Waals surface area (Å²) in [6, 6.07) is 62.6. The van der Waals surface area contributed by atoms with Crippen molar-refractivity contribution >= 4 is 11.6 Å². The molecule has 0 saturated heterocycles. The van der Waals surface area contributed by atoms with Crippen molar-refractivity contribution in [3.63, 3.8) is 0 Å². The van der Waals surface area contributed by atoms with Crippen LogP contribution in [0, 0.1) is 0 Å². The maximum absolute atomic E-state index is 6.63. The molecule has 1 spiro atoms. The predicted octanol–water partition coefficient (Wildman–Crippen LogP) is 14.4. The number of fused-ring (bicyclic) bond motifs is 5. The molecule has 1 fully saturated rings. The second-order valence-corrected chi connectivity index (χ2v) is 15.4. The van der Waals surface area contributed by atoms with Gasteiger partial charge >= 0.3 is 0 Å². The first-order valence-electron chi connectivity index (χ1n) is 19.4. The molecule has 0 radical (unpaired) electrons. The van der Waals surface area contributed by atoms with Crippen molar-refractivity contribution in [3.8, 4) is 78.4 Å². The topological polar surface area (TPSA) is 25.8 Å². The molecule has 0 aliphatic heterocycles. The van der Waals surface area contributed by atoms with Gasteiger partial charge in [-0.3, -0.25) is 0 Å². The third-order valence-electron chi connectivity index (χ3n) is 11.7. The lowest BCUT2D eigenvalue weighted by Crippen LogP contribution is -2.27. The highest BCUT2D eigenvalue weighted by Crippen LogP contribution is 2.56. The molecule has 0 unspecified atom stereocenters. The van der Waals surface area contributed by atoms with Crippen LogP contribution in [0.15, 0.2) is 176 Å². The summed E-state index contributed by atoms with van der Waals surface area (Å²) in [5.74, 6) is 0. The first-order chi connectivity index (χ1) is 27.1. The Morgan fingerprint density at radius 3 is 1.27 bits per heavy atom. The van der Waals surface area contributed by atoms with Crippen molar-refractivity contribution in [2.24, 2.45) is 0 Å². The Balaban J connectivity index is 1.08. The third kappa shape index (κ3) is 5.98. The summed E-state index contributed by atoms with van der Waals surface area (Å²) >= 11 is 6.63. The lowest BCUT2D eigenvalue weighted by atomic mass is 9.68. The molecule has 1 heterocycles. The Morgan fingerprint density at radius 2 is 0.745 bits per heavy atom. The number of halogens is 1. The van der Waals surface area contributed by atoms with Gasteiger partial charge in [-0.2, -0.15) is 0 Å². The minimum absolute atomic E-state index is 0.107. The van der Waals surface area contributed by atoms with Crippen LogP contribution in [-0.2, 0) is 5.41 Å². The number of benzene rings is 7. The van der Waals surface area contributed by atoms with Crippen molar-refractivity contribution in [1.82, 2.24) is 9.97 Å². The van der Waals surface area contributed by atoms with Gasteiger partial charge in [-0.15, -0.1) is 0 Å². The Morgan fingerprint density at radius 1 is 0.345 bits per heavy atom. The highest BCUT2D eigenvalue weighted by Gasteiger charge is 2.43. The Bertz CT molecular complexity index is 2680. The van der Waals surface area contributed by atoms with E-state index in [0.717, 1.165) is 61.2 Å². The molecule has 55 heavy (non-hydrogen) atoms. The van der Waals surface area contributed by atoms with E-state index < -0.39 is 0 Å². The maximum atomic E-state index is 6.63. The van der Waals surface area contributed by atoms with Crippen molar-refractivity contribution in [3.05, 3.63) is 192 Å². The van der Waals surface area contributed by atoms with E-state index in [1.165, 1.54) is 65.5 Å². The van der Waals surface area contributed by atoms with Gasteiger partial charge in [0.05, 0.1) is 22.8 Å². The quantitative estimate of drug-likeness (QED) is 0.170. The van der Waals surface area contributed by atoms with Gasteiger partial charge in [0.15, 0.2) is 0 Å². The normalized spacial score (nSPS) is 14.1. The van der Waals surface area contributed by atoms with Crippen molar-refractivity contribution in [1.29, 1.82) is 0 Å². The van der Waals surface area contributed by atoms with Crippen LogP contribution < -0.4 is 0 Å². The average molecular weight is 727 g/mol. The summed E-state index contributed by atoms with van der Waals surface area (Å²) < 4.78 is 0. The Kier molecular flexibility index (Phi) is 8.50. The van der Waals surface area contributed by atoms with Crippen molar-refractivity contribution in [2.75, 3.05) is 0 Å². The van der Waals surface area contributed by atoms with Gasteiger partial charge in [-0.25, -0.2) is 9.97 Å². The molecule has 3 heteroatoms. The van der Waals surface area contributed by atoms with Gasteiger partial charge in [0, 0.05) is 32.7 Å². The summed E-state index contributed by atoms with van der Waals surface area (Å²) in [4.78, 5) is 10.9. The summed E-state index contributed by atoms with van der Waals surface area (Å²) in [7, 11) is 0. The Labute approximate surface area is 328 Å². The van der Waals surface area contributed by atoms with E-state index in [2.05, 4.69) is 158 Å². The first kappa shape index (κ1) is 33.5. The van der Waals surface area contributed by atoms with Gasteiger partial charge < -0.3 is 0 Å². The largest absolute Gasteiger partial charge is 0.243 e. The summed E-state index contributed by atoms with van der Waals surface area (Å²) in [6.45, 7) is 0. The zero-order valence-corrected chi connectivity index (χ0v) is 31.3. The predicted molar refractivity (Wildman–Crippen MR) is 229 cm³/mol. The van der Waals surface area contributed by atoms with Crippen LogP contribution in [0.4, 0.5) is 0 Å². The van der Waals surface area contributed by atoms with E-state index in [9.17, 15) is 0 Å². The van der Waals surface area contributed by atoms with Gasteiger partial charge in [-0.05, 0) is 87.7 Å². The molecular formula is C52H39ClN2. The van der Waals surface area contributed by atoms with Gasteiger partial charge in [0.1, 0.15) is 0 Å². The van der Waals surface area contributed by atoms with Crippen LogP contribution in [0.2, 0.25) is 5.02 Å². The lowest BCUT2D eigenvalue weighted by molar-refractivity contribution is 0.353. The molecule has 0 amide bonds. The standard InChI is InChI=1S/C52H39ClN2/c53-43-26-28-47-45(34-43)44-33-41(25-27-46(44)52(47)29-11-4-12-30-52)39-22-13-21-38(31-39)40-23-14-24-42(32-40)51-50(37-19-9-3-10-20-37)54-48(35-15-5-1-6-16-35)49(55-51)36-17-7-2-8-18-36/h1-3,5-10,13-28,31-34H,4,11-12,29-30H2. The SMILES string of the molecule is Clc1ccc2c(c1)-c1cc(-c3cccc(-c4cccc(-c5nc(-c6ccccc6)c(-c6ccccc6)nc5-c5ccccc5)c4)c3)ccc1C21CCCCC1. The smallest absolute Gasteiger partial charge is 0.0973 e. The van der Waals surface area contributed by atoms with Crippen molar-refractivity contribution < 1.29 is 0 Å². The molecule has 2 aliphatic carbocycles. The number of aromatic nitrogens is 2. The van der Waals surface area contributed by atoms with Crippen LogP contribution >= 0.6 is 11.6 Å². The van der Waals surface area contributed by atoms with Gasteiger partial charge in [-0.1, -0.05) is 176 Å². The molecule has 2 nitrogen and oxygen atoms in total. The molecule has 264 valence electrons. The monoisotopic (exact) mass is 726 g/mol. The highest BCUT2D eigenvalue weighted by atomic mass is 35.5. The van der Waals surface area contributed by atoms with Gasteiger partial charge in [0.2, 0.25) is 0 Å². The molecule has 1 saturated carbocycles. The number of rotatable bonds is 6. The minimum Gasteiger partial charge on any atom is -0.243 e. The van der Waals surface area contributed by atoms with Crippen LogP contribution in [0.5, 0.6) is 0 Å². The van der Waals surface area contributed by atoms with Gasteiger partial charge in [0.25, 0.3) is 0 Å². The number of nitrogens with zero attached hydrogens (tertiary/aromatic N) is 2. The highest BCUT2D eigenvalue weighted by molar-refractivity contribution is 6.31. The lowest BCUT2D eigenvalue weighted by Gasteiger charge is -2.36. The maximum Gasteiger partial charge on any atom is 0.0973 e. The first-order valence-corrected chi connectivity index (χ1v) is 19.8. The van der Waals surface area contributed by atoms with E-state index in [4.69, 9.17) is 21.6 Å². The van der Waals surface area contributed by atoms with E-state index in [1.807, 2.05) is 18.2 Å². The zero-order chi connectivity index (χ0) is 36.8. The molecule has 10 rings (SSSR count). The fraction of sp³-hybridized carbons (Fsp3) is 0.115. The third-order valence-corrected chi connectivity index (χ3v) is 12.0. The molecule has 0 atom stereocenters. The molecule has 7 aromatic carbocycles. The van der Waals surface area contributed by atoms with Crippen LogP contribution in [0.25, 0.3) is 78.4 Å². The molecule has 0 N–H and O–H groups in total. The van der Waals surface area contributed by atoms with E-state index >= 15 is 0 Å². The van der Waals surface area contributed by atoms with E-state index in [-0.39, 0.29) is 5.41 Å². The molecule has 2 aliphatic rings.